The van der Waals surface area contributed by atoms with Crippen molar-refractivity contribution in [3.63, 3.8) is 0 Å². The van der Waals surface area contributed by atoms with Gasteiger partial charge in [0.25, 0.3) is 5.91 Å². The fourth-order valence-electron chi connectivity index (χ4n) is 5.38. The van der Waals surface area contributed by atoms with Crippen LogP contribution in [0.4, 0.5) is 4.39 Å². The van der Waals surface area contributed by atoms with Gasteiger partial charge in [-0.05, 0) is 56.6 Å². The third kappa shape index (κ3) is 4.48. The van der Waals surface area contributed by atoms with Crippen molar-refractivity contribution in [2.24, 2.45) is 5.92 Å². The Kier molecular flexibility index (Phi) is 6.63. The van der Waals surface area contributed by atoms with E-state index in [4.69, 9.17) is 0 Å². The minimum atomic E-state index is -1.11. The van der Waals surface area contributed by atoms with Crippen molar-refractivity contribution >= 4 is 11.8 Å². The Hall–Kier alpha value is -1.99. The average Bonchev–Trinajstić information content (AvgIpc) is 3.08. The third-order valence-corrected chi connectivity index (χ3v) is 7.39. The smallest absolute Gasteiger partial charge is 0.255 e. The molecule has 0 radical (unpaired) electrons. The number of carbonyl (C=O) groups is 2. The molecule has 5 atom stereocenters. The van der Waals surface area contributed by atoms with Crippen molar-refractivity contribution in [3.8, 4) is 0 Å². The van der Waals surface area contributed by atoms with Crippen LogP contribution in [0.5, 0.6) is 0 Å². The van der Waals surface area contributed by atoms with Gasteiger partial charge in [-0.15, -0.1) is 0 Å². The summed E-state index contributed by atoms with van der Waals surface area (Å²) in [5, 5.41) is 16.4. The Balaban J connectivity index is 1.51. The quantitative estimate of drug-likeness (QED) is 0.647. The van der Waals surface area contributed by atoms with Crippen LogP contribution < -0.4 is 10.6 Å². The minimum absolute atomic E-state index is 0.144. The van der Waals surface area contributed by atoms with E-state index in [-0.39, 0.29) is 30.6 Å². The Labute approximate surface area is 183 Å². The minimum Gasteiger partial charge on any atom is -0.372 e. The van der Waals surface area contributed by atoms with Crippen molar-refractivity contribution < 1.29 is 19.1 Å². The summed E-state index contributed by atoms with van der Waals surface area (Å²) >= 11 is 0. The Morgan fingerprint density at radius 1 is 1.26 bits per heavy atom. The number of halogens is 1. The van der Waals surface area contributed by atoms with Crippen molar-refractivity contribution in [1.29, 1.82) is 0 Å². The van der Waals surface area contributed by atoms with Crippen LogP contribution in [-0.4, -0.2) is 46.2 Å². The lowest BCUT2D eigenvalue weighted by molar-refractivity contribution is -0.129. The largest absolute Gasteiger partial charge is 0.372 e. The lowest BCUT2D eigenvalue weighted by atomic mass is 9.80. The van der Waals surface area contributed by atoms with Crippen LogP contribution in [0.15, 0.2) is 12.1 Å². The van der Waals surface area contributed by atoms with E-state index < -0.39 is 12.3 Å². The van der Waals surface area contributed by atoms with Crippen LogP contribution in [0.25, 0.3) is 0 Å². The van der Waals surface area contributed by atoms with E-state index in [9.17, 15) is 14.7 Å². The summed E-state index contributed by atoms with van der Waals surface area (Å²) in [4.78, 5) is 25.9. The zero-order valence-corrected chi connectivity index (χ0v) is 18.5. The van der Waals surface area contributed by atoms with E-state index in [1.54, 1.807) is 12.1 Å². The molecule has 3 N–H and O–H groups in total. The summed E-state index contributed by atoms with van der Waals surface area (Å²) in [5.74, 6) is -0.390. The lowest BCUT2D eigenvalue weighted by Gasteiger charge is -2.35. The maximum absolute atomic E-state index is 15.5. The van der Waals surface area contributed by atoms with Gasteiger partial charge in [-0.25, -0.2) is 4.39 Å². The van der Waals surface area contributed by atoms with Crippen LogP contribution in [0.2, 0.25) is 0 Å². The van der Waals surface area contributed by atoms with Gasteiger partial charge in [0, 0.05) is 29.6 Å². The predicted molar refractivity (Wildman–Crippen MR) is 116 cm³/mol. The van der Waals surface area contributed by atoms with E-state index in [1.165, 1.54) is 17.7 Å². The number of aliphatic hydroxyl groups excluding tert-OH is 1. The molecular weight excluding hydrogens is 397 g/mol. The number of aliphatic hydroxyl groups is 1. The molecule has 0 aromatic heterocycles. The van der Waals surface area contributed by atoms with Crippen LogP contribution in [0, 0.1) is 11.7 Å². The maximum Gasteiger partial charge on any atom is 0.255 e. The molecule has 1 aromatic carbocycles. The van der Waals surface area contributed by atoms with Crippen LogP contribution in [-0.2, 0) is 17.8 Å². The first kappa shape index (κ1) is 22.2. The number of benzene rings is 1. The van der Waals surface area contributed by atoms with Gasteiger partial charge in [-0.1, -0.05) is 25.8 Å². The number of amides is 2. The molecule has 2 aliphatic heterocycles. The zero-order chi connectivity index (χ0) is 22.1. The first-order valence-corrected chi connectivity index (χ1v) is 11.7. The molecule has 1 saturated heterocycles. The van der Waals surface area contributed by atoms with E-state index in [0.29, 0.717) is 47.5 Å². The Bertz CT molecular complexity index is 846. The highest BCUT2D eigenvalue weighted by molar-refractivity contribution is 5.99. The summed E-state index contributed by atoms with van der Waals surface area (Å²) in [7, 11) is 0. The first-order chi connectivity index (χ1) is 14.9. The second kappa shape index (κ2) is 9.25. The number of nitrogens with one attached hydrogen (secondary N) is 2. The van der Waals surface area contributed by atoms with Crippen molar-refractivity contribution in [1.82, 2.24) is 15.5 Å². The van der Waals surface area contributed by atoms with Gasteiger partial charge in [0.15, 0.2) is 0 Å². The first-order valence-electron chi connectivity index (χ1n) is 11.7. The van der Waals surface area contributed by atoms with E-state index in [1.807, 2.05) is 0 Å². The second-order valence-corrected chi connectivity index (χ2v) is 9.45. The van der Waals surface area contributed by atoms with Crippen LogP contribution in [0.3, 0.4) is 0 Å². The summed E-state index contributed by atoms with van der Waals surface area (Å²) in [6.07, 6.45) is 5.85. The molecule has 0 bridgehead atoms. The highest BCUT2D eigenvalue weighted by atomic mass is 19.1. The molecule has 2 amide bonds. The molecule has 1 saturated carbocycles. The SMILES string of the molecule is CC[C@@H](C)N[C@H]1CCCC[C@@H]1Cc1ccc2c(c1F)CN(C1CCC(=O)NC1O)C2=O. The summed E-state index contributed by atoms with van der Waals surface area (Å²) in [6, 6.07) is 3.83. The molecule has 2 fully saturated rings. The summed E-state index contributed by atoms with van der Waals surface area (Å²) in [6.45, 7) is 4.52. The normalized spacial score (nSPS) is 29.6. The standard InChI is InChI=1S/C24H34FN3O3/c1-3-14(2)26-19-7-5-4-6-15(19)12-16-8-9-17-18(22(16)25)13-28(24(17)31)20-10-11-21(29)27-23(20)30/h8-9,14-15,19-20,23,26,30H,3-7,10-13H2,1-2H3,(H,27,29)/t14-,15-,19+,20?,23?/m1/s1. The molecule has 0 spiro atoms. The van der Waals surface area contributed by atoms with Gasteiger partial charge in [0.2, 0.25) is 5.91 Å². The fourth-order valence-corrected chi connectivity index (χ4v) is 5.38. The molecule has 170 valence electrons. The van der Waals surface area contributed by atoms with E-state index >= 15 is 4.39 Å². The van der Waals surface area contributed by atoms with Gasteiger partial charge in [0.1, 0.15) is 12.0 Å². The summed E-state index contributed by atoms with van der Waals surface area (Å²) < 4.78 is 15.5. The van der Waals surface area contributed by atoms with E-state index in [2.05, 4.69) is 24.5 Å². The van der Waals surface area contributed by atoms with Crippen molar-refractivity contribution in [2.75, 3.05) is 0 Å². The van der Waals surface area contributed by atoms with Gasteiger partial charge in [-0.2, -0.15) is 0 Å². The van der Waals surface area contributed by atoms with Gasteiger partial charge < -0.3 is 20.6 Å². The molecule has 3 aliphatic rings. The number of hydrogen-bond donors (Lipinski definition) is 3. The average molecular weight is 432 g/mol. The fraction of sp³-hybridized carbons (Fsp3) is 0.667. The molecule has 1 aliphatic carbocycles. The van der Waals surface area contributed by atoms with Gasteiger partial charge in [0.05, 0.1) is 12.6 Å². The monoisotopic (exact) mass is 431 g/mol. The van der Waals surface area contributed by atoms with Gasteiger partial charge in [-0.3, -0.25) is 9.59 Å². The number of rotatable bonds is 6. The highest BCUT2D eigenvalue weighted by Crippen LogP contribution is 2.34. The molecule has 2 heterocycles. The maximum atomic E-state index is 15.5. The number of hydrogen-bond acceptors (Lipinski definition) is 4. The van der Waals surface area contributed by atoms with Crippen LogP contribution in [0.1, 0.15) is 80.3 Å². The number of fused-ring (bicyclic) bond motifs is 1. The molecule has 31 heavy (non-hydrogen) atoms. The van der Waals surface area contributed by atoms with Gasteiger partial charge >= 0.3 is 0 Å². The molecule has 4 rings (SSSR count). The number of carbonyl (C=O) groups excluding carboxylic acids is 2. The topological polar surface area (TPSA) is 81.7 Å². The number of piperidine rings is 1. The lowest BCUT2D eigenvalue weighted by Crippen LogP contribution is -2.55. The Morgan fingerprint density at radius 3 is 2.77 bits per heavy atom. The van der Waals surface area contributed by atoms with Crippen molar-refractivity contribution in [3.05, 3.63) is 34.6 Å². The molecule has 1 aromatic rings. The second-order valence-electron chi connectivity index (χ2n) is 9.45. The molecule has 2 unspecified atom stereocenters. The highest BCUT2D eigenvalue weighted by Gasteiger charge is 2.40. The third-order valence-electron chi connectivity index (χ3n) is 7.39. The predicted octanol–water partition coefficient (Wildman–Crippen LogP) is 2.87. The Morgan fingerprint density at radius 2 is 2.03 bits per heavy atom. The molecule has 6 nitrogen and oxygen atoms in total. The molecular formula is C24H34FN3O3. The molecule has 7 heteroatoms. The van der Waals surface area contributed by atoms with Crippen LogP contribution >= 0.6 is 0 Å². The zero-order valence-electron chi connectivity index (χ0n) is 18.5. The number of nitrogens with zero attached hydrogens (tertiary/aromatic N) is 1. The summed E-state index contributed by atoms with van der Waals surface area (Å²) in [5.41, 5.74) is 1.48. The van der Waals surface area contributed by atoms with Crippen molar-refractivity contribution in [2.45, 2.75) is 96.1 Å². The van der Waals surface area contributed by atoms with E-state index in [0.717, 1.165) is 19.3 Å².